The maximum absolute atomic E-state index is 12.2. The van der Waals surface area contributed by atoms with Crippen LogP contribution in [0.5, 0.6) is 0 Å². The minimum absolute atomic E-state index is 0.0438. The molecule has 32 heavy (non-hydrogen) atoms. The predicted molar refractivity (Wildman–Crippen MR) is 112 cm³/mol. The van der Waals surface area contributed by atoms with E-state index < -0.39 is 22.8 Å². The van der Waals surface area contributed by atoms with Gasteiger partial charge in [0.15, 0.2) is 0 Å². The Bertz CT molecular complexity index is 1000. The fourth-order valence-corrected chi connectivity index (χ4v) is 4.21. The van der Waals surface area contributed by atoms with Crippen molar-refractivity contribution in [2.45, 2.75) is 55.9 Å². The summed E-state index contributed by atoms with van der Waals surface area (Å²) in [5, 5.41) is 2.79. The first kappa shape index (κ1) is 24.2. The first-order chi connectivity index (χ1) is 15.1. The quantitative estimate of drug-likeness (QED) is 0.527. The monoisotopic (exact) mass is 470 g/mol. The van der Waals surface area contributed by atoms with Gasteiger partial charge in [-0.05, 0) is 48.1 Å². The van der Waals surface area contributed by atoms with Crippen molar-refractivity contribution in [1.29, 1.82) is 0 Å². The molecule has 2 N–H and O–H groups in total. The number of benzene rings is 2. The van der Waals surface area contributed by atoms with E-state index in [2.05, 4.69) is 14.8 Å². The van der Waals surface area contributed by atoms with E-state index in [9.17, 15) is 26.4 Å². The molecule has 1 fully saturated rings. The van der Waals surface area contributed by atoms with Crippen molar-refractivity contribution < 1.29 is 31.1 Å². The van der Waals surface area contributed by atoms with E-state index in [0.29, 0.717) is 18.5 Å². The summed E-state index contributed by atoms with van der Waals surface area (Å²) in [5.41, 5.74) is 2.28. The van der Waals surface area contributed by atoms with Crippen molar-refractivity contribution in [2.75, 3.05) is 6.61 Å². The summed E-state index contributed by atoms with van der Waals surface area (Å²) in [6.45, 7) is -1.13. The molecule has 174 valence electrons. The van der Waals surface area contributed by atoms with Crippen LogP contribution in [0, 0.1) is 0 Å². The van der Waals surface area contributed by atoms with Gasteiger partial charge < -0.3 is 10.1 Å². The molecular formula is C22H25F3N2O4S. The molecule has 0 unspecified atom stereocenters. The van der Waals surface area contributed by atoms with Crippen LogP contribution in [0.4, 0.5) is 13.2 Å². The van der Waals surface area contributed by atoms with Gasteiger partial charge in [0.25, 0.3) is 0 Å². The molecule has 0 saturated heterocycles. The molecule has 6 nitrogen and oxygen atoms in total. The molecule has 0 bridgehead atoms. The Morgan fingerprint density at radius 1 is 0.969 bits per heavy atom. The summed E-state index contributed by atoms with van der Waals surface area (Å²) in [5.74, 6) is -0.158. The molecule has 1 aliphatic carbocycles. The second-order valence-electron chi connectivity index (χ2n) is 7.74. The van der Waals surface area contributed by atoms with E-state index in [1.807, 2.05) is 0 Å². The molecule has 0 radical (unpaired) electrons. The minimum atomic E-state index is -4.35. The van der Waals surface area contributed by atoms with Crippen LogP contribution in [0.3, 0.4) is 0 Å². The lowest BCUT2D eigenvalue weighted by Gasteiger charge is -2.09. The average Bonchev–Trinajstić information content (AvgIpc) is 3.54. The highest BCUT2D eigenvalue weighted by atomic mass is 32.2. The largest absolute Gasteiger partial charge is 0.411 e. The number of hydrogen-bond donors (Lipinski definition) is 2. The maximum atomic E-state index is 12.2. The Balaban J connectivity index is 1.38. The van der Waals surface area contributed by atoms with Crippen molar-refractivity contribution in [3.8, 4) is 0 Å². The van der Waals surface area contributed by atoms with Gasteiger partial charge in [-0.25, -0.2) is 13.1 Å². The molecule has 0 aromatic heterocycles. The number of nitrogens with one attached hydrogen (secondary N) is 2. The Morgan fingerprint density at radius 2 is 1.56 bits per heavy atom. The highest BCUT2D eigenvalue weighted by Gasteiger charge is 2.28. The number of alkyl halides is 3. The Labute approximate surface area is 185 Å². The second kappa shape index (κ2) is 10.5. The molecule has 1 amide bonds. The molecule has 0 spiro atoms. The van der Waals surface area contributed by atoms with Crippen molar-refractivity contribution >= 4 is 15.9 Å². The van der Waals surface area contributed by atoms with Gasteiger partial charge in [0.2, 0.25) is 15.9 Å². The van der Waals surface area contributed by atoms with Crippen LogP contribution < -0.4 is 10.0 Å². The maximum Gasteiger partial charge on any atom is 0.411 e. The standard InChI is InChI=1S/C22H25F3N2O4S/c23-22(24,25)15-31-14-18-3-1-17(2-4-18)13-26-21(28)12-7-16-5-10-20(11-6-16)32(29,30)27-19-8-9-19/h1-6,10-11,19,27H,7-9,12-15H2,(H,26,28). The average molecular weight is 471 g/mol. The van der Waals surface area contributed by atoms with Crippen LogP contribution in [0.1, 0.15) is 36.0 Å². The van der Waals surface area contributed by atoms with Crippen LogP contribution in [-0.4, -0.2) is 33.1 Å². The van der Waals surface area contributed by atoms with E-state index in [-0.39, 0.29) is 29.9 Å². The van der Waals surface area contributed by atoms with Gasteiger partial charge in [0.05, 0.1) is 11.5 Å². The van der Waals surface area contributed by atoms with E-state index in [0.717, 1.165) is 24.0 Å². The van der Waals surface area contributed by atoms with Gasteiger partial charge in [-0.15, -0.1) is 0 Å². The number of rotatable bonds is 11. The zero-order valence-corrected chi connectivity index (χ0v) is 18.1. The molecule has 10 heteroatoms. The number of sulfonamides is 1. The van der Waals surface area contributed by atoms with Crippen LogP contribution in [0.25, 0.3) is 0 Å². The Hall–Kier alpha value is -2.43. The Morgan fingerprint density at radius 3 is 2.16 bits per heavy atom. The third-order valence-corrected chi connectivity index (χ3v) is 6.36. The van der Waals surface area contributed by atoms with Crippen LogP contribution in [-0.2, 0) is 39.1 Å². The van der Waals surface area contributed by atoms with Crippen molar-refractivity contribution in [3.05, 3.63) is 65.2 Å². The number of ether oxygens (including phenoxy) is 1. The van der Waals surface area contributed by atoms with E-state index in [1.54, 1.807) is 36.4 Å². The fourth-order valence-electron chi connectivity index (χ4n) is 2.91. The first-order valence-electron chi connectivity index (χ1n) is 10.2. The molecule has 2 aromatic rings. The molecule has 0 heterocycles. The topological polar surface area (TPSA) is 84.5 Å². The van der Waals surface area contributed by atoms with Crippen LogP contribution in [0.15, 0.2) is 53.4 Å². The SMILES string of the molecule is O=C(CCc1ccc(S(=O)(=O)NC2CC2)cc1)NCc1ccc(COCC(F)(F)F)cc1. The van der Waals surface area contributed by atoms with E-state index in [4.69, 9.17) is 0 Å². The van der Waals surface area contributed by atoms with Crippen molar-refractivity contribution in [1.82, 2.24) is 10.0 Å². The van der Waals surface area contributed by atoms with Gasteiger partial charge in [0, 0.05) is 19.0 Å². The number of amides is 1. The summed E-state index contributed by atoms with van der Waals surface area (Å²) in [6, 6.07) is 13.3. The summed E-state index contributed by atoms with van der Waals surface area (Å²) in [4.78, 5) is 12.3. The molecule has 0 atom stereocenters. The van der Waals surface area contributed by atoms with Crippen molar-refractivity contribution in [3.63, 3.8) is 0 Å². The lowest BCUT2D eigenvalue weighted by Crippen LogP contribution is -2.25. The number of aryl methyl sites for hydroxylation is 1. The summed E-state index contributed by atoms with van der Waals surface area (Å²) < 4.78 is 67.8. The normalized spacial score (nSPS) is 14.3. The van der Waals surface area contributed by atoms with Gasteiger partial charge >= 0.3 is 6.18 Å². The molecule has 1 aliphatic rings. The number of carbonyl (C=O) groups excluding carboxylic acids is 1. The highest BCUT2D eigenvalue weighted by molar-refractivity contribution is 7.89. The molecule has 0 aliphatic heterocycles. The molecule has 1 saturated carbocycles. The van der Waals surface area contributed by atoms with Crippen molar-refractivity contribution in [2.24, 2.45) is 0 Å². The van der Waals surface area contributed by atoms with Crippen LogP contribution >= 0.6 is 0 Å². The molecular weight excluding hydrogens is 445 g/mol. The molecule has 2 aromatic carbocycles. The fraction of sp³-hybridized carbons (Fsp3) is 0.409. The lowest BCUT2D eigenvalue weighted by molar-refractivity contribution is -0.176. The first-order valence-corrected chi connectivity index (χ1v) is 11.7. The number of halogens is 3. The number of carbonyl (C=O) groups is 1. The van der Waals surface area contributed by atoms with Gasteiger partial charge in [-0.3, -0.25) is 4.79 Å². The zero-order chi connectivity index (χ0) is 23.2. The lowest BCUT2D eigenvalue weighted by atomic mass is 10.1. The zero-order valence-electron chi connectivity index (χ0n) is 17.3. The predicted octanol–water partition coefficient (Wildman–Crippen LogP) is 3.46. The third-order valence-electron chi connectivity index (χ3n) is 4.82. The summed E-state index contributed by atoms with van der Waals surface area (Å²) in [7, 11) is -3.49. The van der Waals surface area contributed by atoms with Crippen LogP contribution in [0.2, 0.25) is 0 Å². The second-order valence-corrected chi connectivity index (χ2v) is 9.45. The third kappa shape index (κ3) is 8.25. The van der Waals surface area contributed by atoms with Gasteiger partial charge in [-0.1, -0.05) is 36.4 Å². The summed E-state index contributed by atoms with van der Waals surface area (Å²) >= 11 is 0. The smallest absolute Gasteiger partial charge is 0.367 e. The molecule has 3 rings (SSSR count). The van der Waals surface area contributed by atoms with E-state index >= 15 is 0 Å². The summed E-state index contributed by atoms with van der Waals surface area (Å²) in [6.07, 6.45) is -1.90. The number of hydrogen-bond acceptors (Lipinski definition) is 4. The van der Waals surface area contributed by atoms with Gasteiger partial charge in [-0.2, -0.15) is 13.2 Å². The highest BCUT2D eigenvalue weighted by Crippen LogP contribution is 2.22. The van der Waals surface area contributed by atoms with E-state index in [1.165, 1.54) is 12.1 Å². The minimum Gasteiger partial charge on any atom is -0.367 e. The van der Waals surface area contributed by atoms with Gasteiger partial charge in [0.1, 0.15) is 6.61 Å². The Kier molecular flexibility index (Phi) is 7.91.